The van der Waals surface area contributed by atoms with Crippen LogP contribution >= 0.6 is 0 Å². The molecule has 1 saturated heterocycles. The predicted octanol–water partition coefficient (Wildman–Crippen LogP) is 3.49. The van der Waals surface area contributed by atoms with Gasteiger partial charge in [-0.25, -0.2) is 8.42 Å². The molecule has 3 aromatic rings. The SMILES string of the molecule is CC(C)C[C@H](NS(=O)(=O)c1ccc2ccccc2c1)C(=O)NC1CCN(Cc2ccccc2)CC1=O. The van der Waals surface area contributed by atoms with E-state index in [2.05, 4.69) is 14.9 Å². The molecule has 1 aliphatic heterocycles. The maximum Gasteiger partial charge on any atom is 0.241 e. The summed E-state index contributed by atoms with van der Waals surface area (Å²) in [5.41, 5.74) is 1.13. The van der Waals surface area contributed by atoms with Crippen molar-refractivity contribution in [3.63, 3.8) is 0 Å². The lowest BCUT2D eigenvalue weighted by molar-refractivity contribution is -0.131. The van der Waals surface area contributed by atoms with Crippen LogP contribution in [0.4, 0.5) is 0 Å². The van der Waals surface area contributed by atoms with Gasteiger partial charge in [0.15, 0.2) is 5.78 Å². The number of nitrogens with zero attached hydrogens (tertiary/aromatic N) is 1. The van der Waals surface area contributed by atoms with Crippen LogP contribution in [0.2, 0.25) is 0 Å². The molecule has 0 bridgehead atoms. The molecule has 36 heavy (non-hydrogen) atoms. The van der Waals surface area contributed by atoms with Gasteiger partial charge in [-0.2, -0.15) is 4.72 Å². The van der Waals surface area contributed by atoms with Gasteiger partial charge in [0, 0.05) is 13.1 Å². The molecule has 0 radical (unpaired) electrons. The van der Waals surface area contributed by atoms with E-state index in [1.165, 1.54) is 0 Å². The Bertz CT molecular complexity index is 1320. The Hall–Kier alpha value is -3.07. The number of hydrogen-bond acceptors (Lipinski definition) is 5. The molecular weight excluding hydrogens is 474 g/mol. The minimum absolute atomic E-state index is 0.0637. The van der Waals surface area contributed by atoms with E-state index in [1.54, 1.807) is 18.2 Å². The first kappa shape index (κ1) is 26.0. The first-order valence-corrected chi connectivity index (χ1v) is 13.8. The molecule has 1 unspecified atom stereocenters. The number of nitrogens with one attached hydrogen (secondary N) is 2. The molecule has 0 saturated carbocycles. The number of benzene rings is 3. The second-order valence-electron chi connectivity index (χ2n) is 9.82. The van der Waals surface area contributed by atoms with Crippen LogP contribution in [0.5, 0.6) is 0 Å². The number of fused-ring (bicyclic) bond motifs is 1. The van der Waals surface area contributed by atoms with Gasteiger partial charge in [0.1, 0.15) is 6.04 Å². The predicted molar refractivity (Wildman–Crippen MR) is 141 cm³/mol. The molecule has 2 atom stereocenters. The number of likely N-dealkylation sites (tertiary alicyclic amines) is 1. The van der Waals surface area contributed by atoms with Crippen LogP contribution in [0.15, 0.2) is 77.7 Å². The van der Waals surface area contributed by atoms with Crippen LogP contribution in [0.1, 0.15) is 32.3 Å². The fourth-order valence-corrected chi connectivity index (χ4v) is 5.80. The third-order valence-electron chi connectivity index (χ3n) is 6.42. The zero-order valence-corrected chi connectivity index (χ0v) is 21.5. The summed E-state index contributed by atoms with van der Waals surface area (Å²) in [4.78, 5) is 28.2. The maximum absolute atomic E-state index is 13.2. The van der Waals surface area contributed by atoms with Crippen LogP contribution in [0.3, 0.4) is 0 Å². The van der Waals surface area contributed by atoms with Crippen molar-refractivity contribution in [2.45, 2.75) is 50.2 Å². The summed E-state index contributed by atoms with van der Waals surface area (Å²) < 4.78 is 29.0. The summed E-state index contributed by atoms with van der Waals surface area (Å²) in [6, 6.07) is 20.8. The average Bonchev–Trinajstić information content (AvgIpc) is 2.85. The molecule has 1 amide bonds. The number of sulfonamides is 1. The fourth-order valence-electron chi connectivity index (χ4n) is 4.55. The van der Waals surface area contributed by atoms with Crippen LogP contribution in [0, 0.1) is 5.92 Å². The highest BCUT2D eigenvalue weighted by Gasteiger charge is 2.32. The van der Waals surface area contributed by atoms with E-state index >= 15 is 0 Å². The second kappa shape index (κ2) is 11.3. The summed E-state index contributed by atoms with van der Waals surface area (Å²) in [6.07, 6.45) is 0.808. The average molecular weight is 508 g/mol. The lowest BCUT2D eigenvalue weighted by Gasteiger charge is -2.32. The monoisotopic (exact) mass is 507 g/mol. The summed E-state index contributed by atoms with van der Waals surface area (Å²) in [5.74, 6) is -0.461. The standard InChI is InChI=1S/C28H33N3O4S/c1-20(2)16-26(30-36(34,35)24-13-12-22-10-6-7-11-23(22)17-24)28(33)29-25-14-15-31(19-27(25)32)18-21-8-4-3-5-9-21/h3-13,17,20,25-26,30H,14-16,18-19H2,1-2H3,(H,29,33)/t25?,26-/m0/s1. The Morgan fingerprint density at radius 1 is 1.00 bits per heavy atom. The largest absolute Gasteiger partial charge is 0.345 e. The van der Waals surface area contributed by atoms with Crippen LogP contribution in [0.25, 0.3) is 10.8 Å². The van der Waals surface area contributed by atoms with E-state index in [1.807, 2.05) is 68.4 Å². The summed E-state index contributed by atoms with van der Waals surface area (Å²) in [5, 5.41) is 4.56. The van der Waals surface area contributed by atoms with Crippen molar-refractivity contribution in [1.82, 2.24) is 14.9 Å². The van der Waals surface area contributed by atoms with E-state index in [0.717, 1.165) is 16.3 Å². The highest BCUT2D eigenvalue weighted by atomic mass is 32.2. The number of ketones is 1. The number of piperidine rings is 1. The van der Waals surface area contributed by atoms with Crippen molar-refractivity contribution < 1.29 is 18.0 Å². The van der Waals surface area contributed by atoms with Crippen molar-refractivity contribution in [3.05, 3.63) is 78.4 Å². The molecule has 4 rings (SSSR count). The quantitative estimate of drug-likeness (QED) is 0.462. The minimum Gasteiger partial charge on any atom is -0.345 e. The first-order chi connectivity index (χ1) is 17.2. The molecule has 8 heteroatoms. The molecule has 0 spiro atoms. The van der Waals surface area contributed by atoms with Gasteiger partial charge in [0.05, 0.1) is 17.5 Å². The number of Topliss-reactive ketones (excluding diaryl/α,β-unsaturated/α-hetero) is 1. The molecule has 0 aromatic heterocycles. The van der Waals surface area contributed by atoms with Gasteiger partial charge in [-0.1, -0.05) is 74.5 Å². The summed E-state index contributed by atoms with van der Waals surface area (Å²) >= 11 is 0. The first-order valence-electron chi connectivity index (χ1n) is 12.3. The summed E-state index contributed by atoms with van der Waals surface area (Å²) in [7, 11) is -3.94. The van der Waals surface area contributed by atoms with Gasteiger partial charge in [0.2, 0.25) is 15.9 Å². The van der Waals surface area contributed by atoms with Gasteiger partial charge < -0.3 is 5.32 Å². The fraction of sp³-hybridized carbons (Fsp3) is 0.357. The van der Waals surface area contributed by atoms with Crippen molar-refractivity contribution >= 4 is 32.5 Å². The van der Waals surface area contributed by atoms with E-state index in [-0.39, 0.29) is 23.1 Å². The smallest absolute Gasteiger partial charge is 0.241 e. The Kier molecular flexibility index (Phi) is 8.18. The zero-order chi connectivity index (χ0) is 25.7. The van der Waals surface area contributed by atoms with Crippen molar-refractivity contribution in [1.29, 1.82) is 0 Å². The highest BCUT2D eigenvalue weighted by molar-refractivity contribution is 7.89. The molecule has 0 aliphatic carbocycles. The van der Waals surface area contributed by atoms with E-state index in [4.69, 9.17) is 0 Å². The lowest BCUT2D eigenvalue weighted by atomic mass is 10.00. The topological polar surface area (TPSA) is 95.6 Å². The van der Waals surface area contributed by atoms with Gasteiger partial charge in [-0.3, -0.25) is 14.5 Å². The number of hydrogen-bond donors (Lipinski definition) is 2. The van der Waals surface area contributed by atoms with E-state index in [9.17, 15) is 18.0 Å². The van der Waals surface area contributed by atoms with Crippen LogP contribution < -0.4 is 10.0 Å². The third kappa shape index (κ3) is 6.57. The Morgan fingerprint density at radius 3 is 2.39 bits per heavy atom. The van der Waals surface area contributed by atoms with Crippen LogP contribution in [-0.4, -0.2) is 50.2 Å². The maximum atomic E-state index is 13.2. The third-order valence-corrected chi connectivity index (χ3v) is 7.89. The van der Waals surface area contributed by atoms with Gasteiger partial charge in [-0.15, -0.1) is 0 Å². The Morgan fingerprint density at radius 2 is 1.69 bits per heavy atom. The number of carbonyl (C=O) groups excluding carboxylic acids is 2. The Balaban J connectivity index is 1.42. The molecular formula is C28H33N3O4S. The number of rotatable bonds is 9. The van der Waals surface area contributed by atoms with Gasteiger partial charge in [0.25, 0.3) is 0 Å². The van der Waals surface area contributed by atoms with Crippen LogP contribution in [-0.2, 0) is 26.2 Å². The van der Waals surface area contributed by atoms with E-state index < -0.39 is 28.0 Å². The molecule has 2 N–H and O–H groups in total. The highest BCUT2D eigenvalue weighted by Crippen LogP contribution is 2.20. The molecule has 1 heterocycles. The van der Waals surface area contributed by atoms with E-state index in [0.29, 0.717) is 25.9 Å². The Labute approximate surface area is 212 Å². The molecule has 7 nitrogen and oxygen atoms in total. The van der Waals surface area contributed by atoms with Crippen molar-refractivity contribution in [2.75, 3.05) is 13.1 Å². The van der Waals surface area contributed by atoms with Gasteiger partial charge >= 0.3 is 0 Å². The summed E-state index contributed by atoms with van der Waals surface area (Å²) in [6.45, 7) is 5.45. The van der Waals surface area contributed by atoms with Crippen molar-refractivity contribution in [2.24, 2.45) is 5.92 Å². The molecule has 1 fully saturated rings. The minimum atomic E-state index is -3.94. The van der Waals surface area contributed by atoms with Crippen molar-refractivity contribution in [3.8, 4) is 0 Å². The lowest BCUT2D eigenvalue weighted by Crippen LogP contribution is -2.56. The molecule has 190 valence electrons. The molecule has 3 aromatic carbocycles. The normalized spacial score (nSPS) is 17.9. The zero-order valence-electron chi connectivity index (χ0n) is 20.7. The number of carbonyl (C=O) groups is 2. The number of amides is 1. The van der Waals surface area contributed by atoms with Gasteiger partial charge in [-0.05, 0) is 47.2 Å². The second-order valence-corrected chi connectivity index (χ2v) is 11.5. The molecule has 1 aliphatic rings.